The van der Waals surface area contributed by atoms with Crippen LogP contribution in [-0.4, -0.2) is 36.4 Å². The Bertz CT molecular complexity index is 1160. The molecule has 1 aromatic heterocycles. The summed E-state index contributed by atoms with van der Waals surface area (Å²) in [5.41, 5.74) is 2.69. The van der Waals surface area contributed by atoms with Gasteiger partial charge in [-0.15, -0.1) is 0 Å². The van der Waals surface area contributed by atoms with Crippen molar-refractivity contribution < 1.29 is 17.9 Å². The van der Waals surface area contributed by atoms with Gasteiger partial charge in [0.25, 0.3) is 5.91 Å². The molecule has 3 aromatic rings. The summed E-state index contributed by atoms with van der Waals surface area (Å²) < 4.78 is 30.8. The number of para-hydroxylation sites is 1. The van der Waals surface area contributed by atoms with Crippen LogP contribution >= 0.6 is 0 Å². The second kappa shape index (κ2) is 8.25. The van der Waals surface area contributed by atoms with Gasteiger partial charge in [0.2, 0.25) is 10.0 Å². The van der Waals surface area contributed by atoms with Crippen molar-refractivity contribution in [1.82, 2.24) is 9.29 Å². The Morgan fingerprint density at radius 1 is 1.03 bits per heavy atom. The molecule has 0 unspecified atom stereocenters. The van der Waals surface area contributed by atoms with E-state index in [2.05, 4.69) is 10.3 Å². The molecule has 8 heteroatoms. The third-order valence-electron chi connectivity index (χ3n) is 4.91. The van der Waals surface area contributed by atoms with Crippen LogP contribution in [0.3, 0.4) is 0 Å². The van der Waals surface area contributed by atoms with E-state index >= 15 is 0 Å². The zero-order chi connectivity index (χ0) is 21.1. The SMILES string of the molecule is CS(=O)(=O)N1CCc2c(cncc2C(=O)Nc2ccc(Oc3ccccc3)cc2)C1. The molecule has 1 N–H and O–H groups in total. The van der Waals surface area contributed by atoms with Crippen molar-refractivity contribution in [3.8, 4) is 11.5 Å². The highest BCUT2D eigenvalue weighted by Crippen LogP contribution is 2.25. The largest absolute Gasteiger partial charge is 0.457 e. The van der Waals surface area contributed by atoms with Gasteiger partial charge in [-0.1, -0.05) is 18.2 Å². The number of hydrogen-bond donors (Lipinski definition) is 1. The molecule has 2 aromatic carbocycles. The van der Waals surface area contributed by atoms with Gasteiger partial charge in [0.1, 0.15) is 11.5 Å². The van der Waals surface area contributed by atoms with Crippen molar-refractivity contribution in [2.75, 3.05) is 18.1 Å². The molecule has 30 heavy (non-hydrogen) atoms. The topological polar surface area (TPSA) is 88.6 Å². The first-order valence-corrected chi connectivity index (χ1v) is 11.3. The molecule has 0 atom stereocenters. The maximum Gasteiger partial charge on any atom is 0.257 e. The molecule has 1 aliphatic rings. The van der Waals surface area contributed by atoms with Crippen LogP contribution in [0.2, 0.25) is 0 Å². The average molecular weight is 423 g/mol. The minimum Gasteiger partial charge on any atom is -0.457 e. The Kier molecular flexibility index (Phi) is 5.52. The molecule has 0 fully saturated rings. The highest BCUT2D eigenvalue weighted by molar-refractivity contribution is 7.88. The Morgan fingerprint density at radius 2 is 1.73 bits per heavy atom. The van der Waals surface area contributed by atoms with E-state index in [4.69, 9.17) is 4.74 Å². The van der Waals surface area contributed by atoms with E-state index in [1.54, 1.807) is 30.5 Å². The number of aromatic nitrogens is 1. The molecule has 0 saturated heterocycles. The number of nitrogens with one attached hydrogen (secondary N) is 1. The summed E-state index contributed by atoms with van der Waals surface area (Å²) in [6.45, 7) is 0.579. The van der Waals surface area contributed by atoms with Gasteiger partial charge in [-0.3, -0.25) is 9.78 Å². The highest BCUT2D eigenvalue weighted by Gasteiger charge is 2.26. The quantitative estimate of drug-likeness (QED) is 0.679. The van der Waals surface area contributed by atoms with Gasteiger partial charge in [-0.05, 0) is 53.9 Å². The number of hydrogen-bond acceptors (Lipinski definition) is 5. The van der Waals surface area contributed by atoms with Crippen LogP contribution in [0.1, 0.15) is 21.5 Å². The summed E-state index contributed by atoms with van der Waals surface area (Å²) in [5, 5.41) is 2.87. The molecule has 1 amide bonds. The van der Waals surface area contributed by atoms with Crippen molar-refractivity contribution in [3.05, 3.63) is 83.7 Å². The molecule has 0 radical (unpaired) electrons. The van der Waals surface area contributed by atoms with Crippen LogP contribution in [0.4, 0.5) is 5.69 Å². The first-order chi connectivity index (χ1) is 14.4. The number of amides is 1. The number of carbonyl (C=O) groups is 1. The van der Waals surface area contributed by atoms with E-state index in [0.29, 0.717) is 30.0 Å². The number of ether oxygens (including phenoxy) is 1. The number of fused-ring (bicyclic) bond motifs is 1. The molecule has 0 saturated carbocycles. The van der Waals surface area contributed by atoms with Crippen molar-refractivity contribution in [3.63, 3.8) is 0 Å². The monoisotopic (exact) mass is 423 g/mol. The van der Waals surface area contributed by atoms with Crippen molar-refractivity contribution in [2.24, 2.45) is 0 Å². The number of nitrogens with zero attached hydrogens (tertiary/aromatic N) is 2. The Morgan fingerprint density at radius 3 is 2.43 bits per heavy atom. The van der Waals surface area contributed by atoms with Gasteiger partial charge >= 0.3 is 0 Å². The van der Waals surface area contributed by atoms with Gasteiger partial charge in [0, 0.05) is 31.2 Å². The van der Waals surface area contributed by atoms with E-state index in [0.717, 1.165) is 16.9 Å². The lowest BCUT2D eigenvalue weighted by atomic mass is 9.98. The molecular formula is C22H21N3O4S. The minimum absolute atomic E-state index is 0.230. The van der Waals surface area contributed by atoms with E-state index in [1.807, 2.05) is 30.3 Å². The number of anilines is 1. The normalized spacial score (nSPS) is 14.0. The van der Waals surface area contributed by atoms with E-state index in [1.165, 1.54) is 16.8 Å². The van der Waals surface area contributed by atoms with E-state index in [-0.39, 0.29) is 12.5 Å². The Balaban J connectivity index is 1.47. The second-order valence-corrected chi connectivity index (χ2v) is 9.05. The maximum atomic E-state index is 12.8. The lowest BCUT2D eigenvalue weighted by Crippen LogP contribution is -2.36. The van der Waals surface area contributed by atoms with E-state index in [9.17, 15) is 13.2 Å². The van der Waals surface area contributed by atoms with Crippen LogP contribution in [0.5, 0.6) is 11.5 Å². The van der Waals surface area contributed by atoms with Crippen molar-refractivity contribution in [1.29, 1.82) is 0 Å². The summed E-state index contributed by atoms with van der Waals surface area (Å²) >= 11 is 0. The lowest BCUT2D eigenvalue weighted by molar-refractivity contribution is 0.102. The Labute approximate surface area is 175 Å². The fraction of sp³-hybridized carbons (Fsp3) is 0.182. The molecule has 2 heterocycles. The summed E-state index contributed by atoms with van der Waals surface area (Å²) in [6.07, 6.45) is 4.81. The molecule has 0 aliphatic carbocycles. The van der Waals surface area contributed by atoms with Gasteiger partial charge in [-0.2, -0.15) is 4.31 Å². The molecule has 0 bridgehead atoms. The van der Waals surface area contributed by atoms with Crippen molar-refractivity contribution >= 4 is 21.6 Å². The predicted molar refractivity (Wildman–Crippen MR) is 114 cm³/mol. The van der Waals surface area contributed by atoms with Crippen LogP contribution < -0.4 is 10.1 Å². The molecule has 154 valence electrons. The first kappa shape index (κ1) is 20.1. The summed E-state index contributed by atoms with van der Waals surface area (Å²) in [5.74, 6) is 1.13. The average Bonchev–Trinajstić information content (AvgIpc) is 2.74. The van der Waals surface area contributed by atoms with Crippen LogP contribution in [0, 0.1) is 0 Å². The standard InChI is InChI=1S/C22H21N3O4S/c1-30(27,28)25-12-11-20-16(15-25)13-23-14-21(20)22(26)24-17-7-9-19(10-8-17)29-18-5-3-2-4-6-18/h2-10,13-14H,11-12,15H2,1H3,(H,24,26). The van der Waals surface area contributed by atoms with E-state index < -0.39 is 10.0 Å². The maximum absolute atomic E-state index is 12.8. The second-order valence-electron chi connectivity index (χ2n) is 7.06. The number of rotatable bonds is 5. The molecule has 0 spiro atoms. The van der Waals surface area contributed by atoms with Crippen LogP contribution in [-0.2, 0) is 23.0 Å². The summed E-state index contributed by atoms with van der Waals surface area (Å²) in [7, 11) is -3.28. The van der Waals surface area contributed by atoms with Crippen LogP contribution in [0.25, 0.3) is 0 Å². The van der Waals surface area contributed by atoms with Gasteiger partial charge < -0.3 is 10.1 Å². The number of carbonyl (C=O) groups excluding carboxylic acids is 1. The smallest absolute Gasteiger partial charge is 0.257 e. The van der Waals surface area contributed by atoms with Crippen LogP contribution in [0.15, 0.2) is 67.0 Å². The fourth-order valence-electron chi connectivity index (χ4n) is 3.38. The molecule has 4 rings (SSSR count). The third kappa shape index (κ3) is 4.50. The summed E-state index contributed by atoms with van der Waals surface area (Å²) in [4.78, 5) is 17.0. The first-order valence-electron chi connectivity index (χ1n) is 9.45. The van der Waals surface area contributed by atoms with Crippen molar-refractivity contribution in [2.45, 2.75) is 13.0 Å². The predicted octanol–water partition coefficient (Wildman–Crippen LogP) is 3.44. The van der Waals surface area contributed by atoms with Gasteiger partial charge in [0.15, 0.2) is 0 Å². The minimum atomic E-state index is -3.28. The number of benzene rings is 2. The number of sulfonamides is 1. The zero-order valence-electron chi connectivity index (χ0n) is 16.4. The fourth-order valence-corrected chi connectivity index (χ4v) is 4.17. The molecule has 7 nitrogen and oxygen atoms in total. The van der Waals surface area contributed by atoms with Gasteiger partial charge in [-0.25, -0.2) is 8.42 Å². The third-order valence-corrected chi connectivity index (χ3v) is 6.16. The number of pyridine rings is 1. The van der Waals surface area contributed by atoms with Gasteiger partial charge in [0.05, 0.1) is 11.8 Å². The Hall–Kier alpha value is -3.23. The summed E-state index contributed by atoms with van der Waals surface area (Å²) in [6, 6.07) is 16.5. The lowest BCUT2D eigenvalue weighted by Gasteiger charge is -2.27. The molecular weight excluding hydrogens is 402 g/mol. The zero-order valence-corrected chi connectivity index (χ0v) is 17.2. The molecule has 1 aliphatic heterocycles. The highest BCUT2D eigenvalue weighted by atomic mass is 32.2.